The van der Waals surface area contributed by atoms with Crippen molar-refractivity contribution in [3.05, 3.63) is 162 Å². The van der Waals surface area contributed by atoms with Crippen LogP contribution in [0.15, 0.2) is 135 Å². The van der Waals surface area contributed by atoms with E-state index in [1.807, 2.05) is 0 Å². The zero-order chi connectivity index (χ0) is 36.1. The first-order valence-electron chi connectivity index (χ1n) is 17.5. The van der Waals surface area contributed by atoms with Gasteiger partial charge in [0.05, 0.1) is 13.2 Å². The minimum atomic E-state index is -0.452. The maximum absolute atomic E-state index is 11.6. The van der Waals surface area contributed by atoms with E-state index in [9.17, 15) is 9.59 Å². The Hall–Kier alpha value is -5.68. The Morgan fingerprint density at radius 3 is 1.78 bits per heavy atom. The highest BCUT2D eigenvalue weighted by atomic mass is 16.5. The van der Waals surface area contributed by atoms with E-state index < -0.39 is 11.9 Å². The van der Waals surface area contributed by atoms with Crippen molar-refractivity contribution in [1.29, 1.82) is 0 Å². The molecule has 5 aromatic rings. The van der Waals surface area contributed by atoms with Gasteiger partial charge in [-0.25, -0.2) is 9.59 Å². The zero-order valence-corrected chi connectivity index (χ0v) is 29.9. The van der Waals surface area contributed by atoms with E-state index >= 15 is 0 Å². The Morgan fingerprint density at radius 1 is 0.647 bits per heavy atom. The topological polar surface area (TPSA) is 55.8 Å². The molecule has 0 heterocycles. The molecular weight excluding hydrogens is 631 g/mol. The van der Waals surface area contributed by atoms with Crippen LogP contribution in [0.2, 0.25) is 0 Å². The van der Waals surface area contributed by atoms with Gasteiger partial charge in [0.15, 0.2) is 0 Å². The summed E-state index contributed by atoms with van der Waals surface area (Å²) in [4.78, 5) is 25.6. The highest BCUT2D eigenvalue weighted by molar-refractivity contribution is 5.86. The van der Waals surface area contributed by atoms with Crippen molar-refractivity contribution in [3.63, 3.8) is 0 Å². The van der Waals surface area contributed by atoms with Crippen LogP contribution < -0.4 is 4.90 Å². The number of esters is 2. The first-order valence-corrected chi connectivity index (χ1v) is 17.5. The number of aryl methyl sites for hydroxylation is 2. The lowest BCUT2D eigenvalue weighted by atomic mass is 9.82. The number of benzene rings is 5. The second-order valence-corrected chi connectivity index (χ2v) is 13.7. The van der Waals surface area contributed by atoms with Crippen LogP contribution in [0, 0.1) is 13.8 Å². The van der Waals surface area contributed by atoms with E-state index in [1.54, 1.807) is 0 Å². The van der Waals surface area contributed by atoms with E-state index in [4.69, 9.17) is 9.47 Å². The van der Waals surface area contributed by atoms with Gasteiger partial charge >= 0.3 is 11.9 Å². The SMILES string of the molecule is C=CC(=O)OCCC(CCOC(=O)C=C)c1ccc(-c2ccc(N(c3ccc(C)c(C)c3)c3ccc4c(c3)C(C)(C)c3ccccc3-4)cc2)cc1. The molecule has 0 aromatic heterocycles. The van der Waals surface area contributed by atoms with Crippen LogP contribution in [0.25, 0.3) is 22.3 Å². The van der Waals surface area contributed by atoms with Gasteiger partial charge < -0.3 is 14.4 Å². The van der Waals surface area contributed by atoms with Crippen LogP contribution in [0.1, 0.15) is 60.4 Å². The summed E-state index contributed by atoms with van der Waals surface area (Å²) >= 11 is 0. The molecule has 0 spiro atoms. The summed E-state index contributed by atoms with van der Waals surface area (Å²) in [6.45, 7) is 16.4. The lowest BCUT2D eigenvalue weighted by Crippen LogP contribution is -2.16. The Kier molecular flexibility index (Phi) is 10.4. The number of ether oxygens (including phenoxy) is 2. The Morgan fingerprint density at radius 2 is 1.18 bits per heavy atom. The summed E-state index contributed by atoms with van der Waals surface area (Å²) in [7, 11) is 0. The Labute approximate surface area is 301 Å². The van der Waals surface area contributed by atoms with Gasteiger partial charge in [0.25, 0.3) is 0 Å². The third-order valence-electron chi connectivity index (χ3n) is 10.2. The molecule has 0 unspecified atom stereocenters. The van der Waals surface area contributed by atoms with Gasteiger partial charge in [-0.1, -0.05) is 99.8 Å². The molecule has 0 saturated carbocycles. The summed E-state index contributed by atoms with van der Waals surface area (Å²) in [5.41, 5.74) is 14.3. The normalized spacial score (nSPS) is 12.5. The fourth-order valence-corrected chi connectivity index (χ4v) is 7.09. The van der Waals surface area contributed by atoms with Crippen LogP contribution in [0.5, 0.6) is 0 Å². The van der Waals surface area contributed by atoms with Crippen LogP contribution in [-0.4, -0.2) is 25.2 Å². The standard InChI is InChI=1S/C46H45NO4/c1-7-44(48)50-27-25-36(26-28-51-45(49)8-2)34-16-14-33(15-17-34)35-18-21-37(22-19-35)47(38-20-13-31(3)32(4)29-38)39-23-24-41-40-11-9-10-12-42(40)46(5,6)43(41)30-39/h7-24,29-30,36H,1-2,25-28H2,3-6H3. The molecule has 258 valence electrons. The number of hydrogen-bond donors (Lipinski definition) is 0. The van der Waals surface area contributed by atoms with Gasteiger partial charge in [0.1, 0.15) is 0 Å². The van der Waals surface area contributed by atoms with Gasteiger partial charge in [-0.2, -0.15) is 0 Å². The third-order valence-corrected chi connectivity index (χ3v) is 10.2. The van der Waals surface area contributed by atoms with Gasteiger partial charge in [0.2, 0.25) is 0 Å². The zero-order valence-electron chi connectivity index (χ0n) is 29.9. The average Bonchev–Trinajstić information content (AvgIpc) is 3.38. The Balaban J connectivity index is 1.28. The first kappa shape index (κ1) is 35.2. The van der Waals surface area contributed by atoms with Crippen molar-refractivity contribution in [2.24, 2.45) is 0 Å². The molecule has 0 atom stereocenters. The number of carbonyl (C=O) groups excluding carboxylic acids is 2. The Bertz CT molecular complexity index is 2050. The van der Waals surface area contributed by atoms with E-state index in [0.717, 1.165) is 45.9 Å². The largest absolute Gasteiger partial charge is 0.463 e. The van der Waals surface area contributed by atoms with Crippen molar-refractivity contribution in [1.82, 2.24) is 0 Å². The summed E-state index contributed by atoms with van der Waals surface area (Å²) in [5.74, 6) is -0.868. The maximum atomic E-state index is 11.6. The second-order valence-electron chi connectivity index (χ2n) is 13.7. The second kappa shape index (κ2) is 15.1. The lowest BCUT2D eigenvalue weighted by molar-refractivity contribution is -0.138. The first-order chi connectivity index (χ1) is 24.6. The van der Waals surface area contributed by atoms with E-state index in [0.29, 0.717) is 12.8 Å². The maximum Gasteiger partial charge on any atom is 0.330 e. The molecule has 0 N–H and O–H groups in total. The van der Waals surface area contributed by atoms with Crippen molar-refractivity contribution >= 4 is 29.0 Å². The fraction of sp³-hybridized carbons (Fsp3) is 0.217. The minimum Gasteiger partial charge on any atom is -0.463 e. The quantitative estimate of drug-likeness (QED) is 0.0918. The van der Waals surface area contributed by atoms with Crippen molar-refractivity contribution in [3.8, 4) is 22.3 Å². The van der Waals surface area contributed by atoms with Crippen LogP contribution in [0.3, 0.4) is 0 Å². The van der Waals surface area contributed by atoms with Gasteiger partial charge in [-0.15, -0.1) is 0 Å². The monoisotopic (exact) mass is 675 g/mol. The summed E-state index contributed by atoms with van der Waals surface area (Å²) in [6, 6.07) is 39.5. The van der Waals surface area contributed by atoms with Crippen molar-refractivity contribution in [2.45, 2.75) is 51.9 Å². The van der Waals surface area contributed by atoms with Crippen molar-refractivity contribution in [2.75, 3.05) is 18.1 Å². The number of rotatable bonds is 13. The number of hydrogen-bond acceptors (Lipinski definition) is 5. The molecule has 5 aromatic carbocycles. The number of nitrogens with zero attached hydrogens (tertiary/aromatic N) is 1. The molecule has 6 rings (SSSR count). The molecule has 0 bridgehead atoms. The van der Waals surface area contributed by atoms with Gasteiger partial charge in [0, 0.05) is 34.6 Å². The molecule has 0 radical (unpaired) electrons. The molecule has 1 aliphatic rings. The van der Waals surface area contributed by atoms with E-state index in [2.05, 4.69) is 155 Å². The molecule has 1 aliphatic carbocycles. The number of carbonyl (C=O) groups is 2. The average molecular weight is 676 g/mol. The smallest absolute Gasteiger partial charge is 0.330 e. The third kappa shape index (κ3) is 7.44. The fourth-order valence-electron chi connectivity index (χ4n) is 7.09. The minimum absolute atomic E-state index is 0.0354. The molecule has 0 amide bonds. The number of anilines is 3. The predicted molar refractivity (Wildman–Crippen MR) is 208 cm³/mol. The summed E-state index contributed by atoms with van der Waals surface area (Å²) in [6.07, 6.45) is 3.51. The lowest BCUT2D eigenvalue weighted by Gasteiger charge is -2.28. The predicted octanol–water partition coefficient (Wildman–Crippen LogP) is 11.1. The van der Waals surface area contributed by atoms with E-state index in [1.165, 1.54) is 33.4 Å². The molecule has 5 nitrogen and oxygen atoms in total. The molecule has 0 aliphatic heterocycles. The molecule has 51 heavy (non-hydrogen) atoms. The molecule has 5 heteroatoms. The van der Waals surface area contributed by atoms with Crippen LogP contribution in [-0.2, 0) is 24.5 Å². The highest BCUT2D eigenvalue weighted by Crippen LogP contribution is 2.50. The highest BCUT2D eigenvalue weighted by Gasteiger charge is 2.35. The molecule has 0 fully saturated rings. The summed E-state index contributed by atoms with van der Waals surface area (Å²) in [5, 5.41) is 0. The van der Waals surface area contributed by atoms with Crippen LogP contribution in [0.4, 0.5) is 17.1 Å². The summed E-state index contributed by atoms with van der Waals surface area (Å²) < 4.78 is 10.5. The van der Waals surface area contributed by atoms with Crippen molar-refractivity contribution < 1.29 is 19.1 Å². The van der Waals surface area contributed by atoms with Gasteiger partial charge in [-0.3, -0.25) is 0 Å². The molecule has 0 saturated heterocycles. The number of fused-ring (bicyclic) bond motifs is 3. The van der Waals surface area contributed by atoms with Crippen LogP contribution >= 0.6 is 0 Å². The molecular formula is C46H45NO4. The van der Waals surface area contributed by atoms with E-state index in [-0.39, 0.29) is 24.5 Å². The van der Waals surface area contributed by atoms with Gasteiger partial charge in [-0.05, 0) is 119 Å².